The minimum Gasteiger partial charge on any atom is -0.392 e. The third-order valence-corrected chi connectivity index (χ3v) is 5.99. The van der Waals surface area contributed by atoms with Gasteiger partial charge in [0.2, 0.25) is 0 Å². The second-order valence-corrected chi connectivity index (χ2v) is 9.22. The molecule has 1 aromatic rings. The van der Waals surface area contributed by atoms with E-state index < -0.39 is 5.54 Å². The summed E-state index contributed by atoms with van der Waals surface area (Å²) < 4.78 is 17.0. The zero-order valence-electron chi connectivity index (χ0n) is 17.6. The first-order valence-corrected chi connectivity index (χ1v) is 10.3. The van der Waals surface area contributed by atoms with Gasteiger partial charge in [0.1, 0.15) is 5.76 Å². The van der Waals surface area contributed by atoms with Gasteiger partial charge in [-0.3, -0.25) is 9.69 Å². The lowest BCUT2D eigenvalue weighted by atomic mass is 9.89. The molecule has 0 spiro atoms. The highest BCUT2D eigenvalue weighted by atomic mass is 16.7. The van der Waals surface area contributed by atoms with Crippen LogP contribution in [-0.4, -0.2) is 65.2 Å². The summed E-state index contributed by atoms with van der Waals surface area (Å²) in [7, 11) is 0. The molecule has 0 amide bonds. The smallest absolute Gasteiger partial charge is 0.160 e. The van der Waals surface area contributed by atoms with E-state index >= 15 is 0 Å². The van der Waals surface area contributed by atoms with E-state index in [1.807, 2.05) is 24.8 Å². The van der Waals surface area contributed by atoms with Crippen LogP contribution in [0.2, 0.25) is 0 Å². The Balaban J connectivity index is 1.57. The fraction of sp³-hybridized carbons (Fsp3) is 0.810. The summed E-state index contributed by atoms with van der Waals surface area (Å²) in [6.45, 7) is 10.4. The molecule has 2 saturated heterocycles. The first-order chi connectivity index (χ1) is 13.2. The summed E-state index contributed by atoms with van der Waals surface area (Å²) in [5, 5.41) is 14.0. The molecule has 3 rings (SSSR count). The lowest BCUT2D eigenvalue weighted by Crippen LogP contribution is -2.49. The lowest BCUT2D eigenvalue weighted by Gasteiger charge is -2.33. The van der Waals surface area contributed by atoms with Crippen LogP contribution in [0.1, 0.15) is 64.8 Å². The summed E-state index contributed by atoms with van der Waals surface area (Å²) in [5.41, 5.74) is -0.192. The predicted molar refractivity (Wildman–Crippen MR) is 104 cm³/mol. The SMILES string of the molecule is CC(C)(COC1CCCCO1)c1cc(CC(=O)C(C)(C)N2CC[C@H](O)C2)on1. The maximum Gasteiger partial charge on any atom is 0.160 e. The molecule has 2 fully saturated rings. The summed E-state index contributed by atoms with van der Waals surface area (Å²) in [6.07, 6.45) is 3.56. The predicted octanol–water partition coefficient (Wildman–Crippen LogP) is 2.45. The van der Waals surface area contributed by atoms with Gasteiger partial charge in [-0.05, 0) is 39.5 Å². The molecule has 7 nitrogen and oxygen atoms in total. The Morgan fingerprint density at radius 2 is 2.11 bits per heavy atom. The number of Topliss-reactive ketones (excluding diaryl/α,β-unsaturated/α-hetero) is 1. The van der Waals surface area contributed by atoms with Crippen molar-refractivity contribution in [1.29, 1.82) is 0 Å². The van der Waals surface area contributed by atoms with Crippen molar-refractivity contribution in [2.24, 2.45) is 0 Å². The number of likely N-dealkylation sites (tertiary alicyclic amines) is 1. The number of aromatic nitrogens is 1. The topological polar surface area (TPSA) is 85.0 Å². The molecule has 1 aromatic heterocycles. The highest BCUT2D eigenvalue weighted by Crippen LogP contribution is 2.27. The second kappa shape index (κ2) is 8.61. The van der Waals surface area contributed by atoms with Gasteiger partial charge in [-0.25, -0.2) is 0 Å². The van der Waals surface area contributed by atoms with Crippen molar-refractivity contribution in [1.82, 2.24) is 10.1 Å². The Hall–Kier alpha value is -1.28. The molecule has 2 atom stereocenters. The molecular formula is C21H34N2O5. The van der Waals surface area contributed by atoms with Crippen LogP contribution in [0.4, 0.5) is 0 Å². The van der Waals surface area contributed by atoms with Crippen molar-refractivity contribution in [3.63, 3.8) is 0 Å². The Kier molecular flexibility index (Phi) is 6.59. The molecular weight excluding hydrogens is 360 g/mol. The van der Waals surface area contributed by atoms with Crippen molar-refractivity contribution >= 4 is 5.78 Å². The van der Waals surface area contributed by atoms with Gasteiger partial charge >= 0.3 is 0 Å². The van der Waals surface area contributed by atoms with E-state index in [2.05, 4.69) is 19.0 Å². The van der Waals surface area contributed by atoms with E-state index in [1.165, 1.54) is 0 Å². The van der Waals surface area contributed by atoms with E-state index in [0.717, 1.165) is 38.1 Å². The normalized spacial score (nSPS) is 24.6. The molecule has 0 bridgehead atoms. The highest BCUT2D eigenvalue weighted by Gasteiger charge is 2.39. The van der Waals surface area contributed by atoms with Crippen molar-refractivity contribution in [2.45, 2.75) is 83.1 Å². The number of carbonyl (C=O) groups excluding carboxylic acids is 1. The zero-order chi connectivity index (χ0) is 20.4. The Morgan fingerprint density at radius 1 is 1.32 bits per heavy atom. The number of nitrogens with zero attached hydrogens (tertiary/aromatic N) is 2. The van der Waals surface area contributed by atoms with Crippen molar-refractivity contribution < 1.29 is 23.9 Å². The first-order valence-electron chi connectivity index (χ1n) is 10.3. The van der Waals surface area contributed by atoms with Crippen molar-refractivity contribution in [3.8, 4) is 0 Å². The number of ketones is 1. The maximum absolute atomic E-state index is 12.9. The minimum atomic E-state index is -0.638. The molecule has 0 saturated carbocycles. The molecule has 1 unspecified atom stereocenters. The fourth-order valence-corrected chi connectivity index (χ4v) is 3.73. The number of hydrogen-bond acceptors (Lipinski definition) is 7. The molecule has 7 heteroatoms. The van der Waals surface area contributed by atoms with Gasteiger partial charge in [-0.15, -0.1) is 0 Å². The number of aliphatic hydroxyl groups excluding tert-OH is 1. The van der Waals surface area contributed by atoms with Crippen molar-refractivity contribution in [3.05, 3.63) is 17.5 Å². The highest BCUT2D eigenvalue weighted by molar-refractivity contribution is 5.89. The van der Waals surface area contributed by atoms with Crippen LogP contribution in [-0.2, 0) is 26.1 Å². The quantitative estimate of drug-likeness (QED) is 0.725. The van der Waals surface area contributed by atoms with Crippen molar-refractivity contribution in [2.75, 3.05) is 26.3 Å². The largest absolute Gasteiger partial charge is 0.392 e. The summed E-state index contributed by atoms with van der Waals surface area (Å²) in [5.74, 6) is 0.628. The summed E-state index contributed by atoms with van der Waals surface area (Å²) in [4.78, 5) is 14.9. The van der Waals surface area contributed by atoms with Crippen LogP contribution in [0.5, 0.6) is 0 Å². The van der Waals surface area contributed by atoms with Gasteiger partial charge < -0.3 is 19.1 Å². The van der Waals surface area contributed by atoms with Gasteiger partial charge in [-0.2, -0.15) is 0 Å². The molecule has 28 heavy (non-hydrogen) atoms. The standard InChI is InChI=1S/C21H34N2O5/c1-20(2,14-27-19-7-5-6-10-26-19)17-11-16(28-22-17)12-18(25)21(3,4)23-9-8-15(24)13-23/h11,15,19,24H,5-10,12-14H2,1-4H3/t15-,19?/m0/s1. The Morgan fingerprint density at radius 3 is 2.75 bits per heavy atom. The van der Waals surface area contributed by atoms with Gasteiger partial charge in [0.15, 0.2) is 12.1 Å². The average molecular weight is 395 g/mol. The minimum absolute atomic E-state index is 0.0639. The van der Waals surface area contributed by atoms with Gasteiger partial charge in [0, 0.05) is 31.2 Å². The fourth-order valence-electron chi connectivity index (χ4n) is 3.73. The average Bonchev–Trinajstić information content (AvgIpc) is 3.31. The van der Waals surface area contributed by atoms with E-state index in [9.17, 15) is 9.90 Å². The number of carbonyl (C=O) groups is 1. The molecule has 0 aromatic carbocycles. The van der Waals surface area contributed by atoms with E-state index in [0.29, 0.717) is 25.3 Å². The monoisotopic (exact) mass is 394 g/mol. The van der Waals surface area contributed by atoms with Gasteiger partial charge in [0.25, 0.3) is 0 Å². The van der Waals surface area contributed by atoms with Crippen LogP contribution in [0.15, 0.2) is 10.6 Å². The molecule has 158 valence electrons. The van der Waals surface area contributed by atoms with Gasteiger partial charge in [-0.1, -0.05) is 19.0 Å². The van der Waals surface area contributed by atoms with Crippen LogP contribution >= 0.6 is 0 Å². The number of hydrogen-bond donors (Lipinski definition) is 1. The molecule has 1 N–H and O–H groups in total. The molecule has 3 heterocycles. The van der Waals surface area contributed by atoms with Crippen LogP contribution < -0.4 is 0 Å². The van der Waals surface area contributed by atoms with Crippen LogP contribution in [0.3, 0.4) is 0 Å². The number of ether oxygens (including phenoxy) is 2. The van der Waals surface area contributed by atoms with E-state index in [4.69, 9.17) is 14.0 Å². The van der Waals surface area contributed by atoms with E-state index in [1.54, 1.807) is 0 Å². The Labute approximate surface area is 167 Å². The molecule has 2 aliphatic heterocycles. The molecule has 0 radical (unpaired) electrons. The second-order valence-electron chi connectivity index (χ2n) is 9.22. The third kappa shape index (κ3) is 5.00. The number of aliphatic hydroxyl groups is 1. The lowest BCUT2D eigenvalue weighted by molar-refractivity contribution is -0.170. The number of β-amino-alcohol motifs (C(OH)–C–C–N with tert-alkyl or cyclic N) is 1. The van der Waals surface area contributed by atoms with E-state index in [-0.39, 0.29) is 30.0 Å². The third-order valence-electron chi connectivity index (χ3n) is 5.99. The summed E-state index contributed by atoms with van der Waals surface area (Å²) in [6, 6.07) is 1.86. The summed E-state index contributed by atoms with van der Waals surface area (Å²) >= 11 is 0. The molecule has 0 aliphatic carbocycles. The molecule has 2 aliphatic rings. The van der Waals surface area contributed by atoms with Crippen LogP contribution in [0.25, 0.3) is 0 Å². The first kappa shape index (κ1) is 21.4. The zero-order valence-corrected chi connectivity index (χ0v) is 17.6. The maximum atomic E-state index is 12.9. The Bertz CT molecular complexity index is 664. The number of rotatable bonds is 8. The van der Waals surface area contributed by atoms with Crippen LogP contribution in [0, 0.1) is 0 Å². The van der Waals surface area contributed by atoms with Gasteiger partial charge in [0.05, 0.1) is 30.4 Å².